The Kier molecular flexibility index (Phi) is 5.65. The molecule has 1 amide bonds. The van der Waals surface area contributed by atoms with Crippen molar-refractivity contribution < 1.29 is 15.0 Å². The van der Waals surface area contributed by atoms with Crippen LogP contribution in [0.3, 0.4) is 0 Å². The molecule has 0 aliphatic heterocycles. The van der Waals surface area contributed by atoms with Gasteiger partial charge in [0.1, 0.15) is 5.75 Å². The molecule has 100 valence electrons. The Morgan fingerprint density at radius 3 is 2.72 bits per heavy atom. The SMILES string of the molecule is CC(C)C(O)CCNC(=O)Cc1cccc(O)c1. The van der Waals surface area contributed by atoms with Gasteiger partial charge in [-0.3, -0.25) is 4.79 Å². The fourth-order valence-corrected chi connectivity index (χ4v) is 1.61. The summed E-state index contributed by atoms with van der Waals surface area (Å²) in [5.41, 5.74) is 0.775. The van der Waals surface area contributed by atoms with Gasteiger partial charge in [-0.1, -0.05) is 26.0 Å². The molecule has 1 aromatic carbocycles. The van der Waals surface area contributed by atoms with Gasteiger partial charge in [-0.25, -0.2) is 0 Å². The van der Waals surface area contributed by atoms with Crippen molar-refractivity contribution in [3.63, 3.8) is 0 Å². The predicted octanol–water partition coefficient (Wildman–Crippen LogP) is 1.46. The maximum absolute atomic E-state index is 11.6. The smallest absolute Gasteiger partial charge is 0.224 e. The number of carbonyl (C=O) groups is 1. The number of aliphatic hydroxyl groups excluding tert-OH is 1. The van der Waals surface area contributed by atoms with Gasteiger partial charge in [0.2, 0.25) is 5.91 Å². The van der Waals surface area contributed by atoms with E-state index in [0.717, 1.165) is 5.56 Å². The van der Waals surface area contributed by atoms with Crippen molar-refractivity contribution in [3.8, 4) is 5.75 Å². The van der Waals surface area contributed by atoms with Gasteiger partial charge in [0.05, 0.1) is 12.5 Å². The van der Waals surface area contributed by atoms with Crippen LogP contribution in [-0.2, 0) is 11.2 Å². The molecule has 3 N–H and O–H groups in total. The Bertz CT molecular complexity index is 390. The molecule has 4 nitrogen and oxygen atoms in total. The van der Waals surface area contributed by atoms with Crippen molar-refractivity contribution in [3.05, 3.63) is 29.8 Å². The van der Waals surface area contributed by atoms with Crippen LogP contribution in [0, 0.1) is 5.92 Å². The highest BCUT2D eigenvalue weighted by atomic mass is 16.3. The van der Waals surface area contributed by atoms with E-state index in [-0.39, 0.29) is 30.1 Å². The Hall–Kier alpha value is -1.55. The highest BCUT2D eigenvalue weighted by Crippen LogP contribution is 2.11. The molecule has 0 aliphatic rings. The highest BCUT2D eigenvalue weighted by molar-refractivity contribution is 5.78. The van der Waals surface area contributed by atoms with Crippen molar-refractivity contribution in [1.82, 2.24) is 5.32 Å². The van der Waals surface area contributed by atoms with Crippen LogP contribution in [0.25, 0.3) is 0 Å². The van der Waals surface area contributed by atoms with Gasteiger partial charge >= 0.3 is 0 Å². The van der Waals surface area contributed by atoms with Crippen molar-refractivity contribution in [1.29, 1.82) is 0 Å². The fourth-order valence-electron chi connectivity index (χ4n) is 1.61. The third-order valence-corrected chi connectivity index (χ3v) is 2.81. The summed E-state index contributed by atoms with van der Waals surface area (Å²) in [5, 5.41) is 21.6. The van der Waals surface area contributed by atoms with Crippen LogP contribution in [0.4, 0.5) is 0 Å². The quantitative estimate of drug-likeness (QED) is 0.717. The minimum absolute atomic E-state index is 0.100. The molecule has 4 heteroatoms. The number of rotatable bonds is 6. The number of aliphatic hydroxyl groups is 1. The Morgan fingerprint density at radius 1 is 1.39 bits per heavy atom. The number of carbonyl (C=O) groups excluding carboxylic acids is 1. The van der Waals surface area contributed by atoms with E-state index in [0.29, 0.717) is 13.0 Å². The average Bonchev–Trinajstić information content (AvgIpc) is 2.28. The Balaban J connectivity index is 2.30. The van der Waals surface area contributed by atoms with Crippen LogP contribution in [0.1, 0.15) is 25.8 Å². The molecule has 0 aliphatic carbocycles. The van der Waals surface area contributed by atoms with E-state index >= 15 is 0 Å². The number of hydrogen-bond donors (Lipinski definition) is 3. The lowest BCUT2D eigenvalue weighted by Gasteiger charge is -2.14. The zero-order valence-electron chi connectivity index (χ0n) is 10.9. The van der Waals surface area contributed by atoms with Crippen LogP contribution in [-0.4, -0.2) is 28.8 Å². The van der Waals surface area contributed by atoms with E-state index in [1.807, 2.05) is 13.8 Å². The molecular weight excluding hydrogens is 230 g/mol. The fraction of sp³-hybridized carbons (Fsp3) is 0.500. The zero-order chi connectivity index (χ0) is 13.5. The second-order valence-electron chi connectivity index (χ2n) is 4.80. The topological polar surface area (TPSA) is 69.6 Å². The van der Waals surface area contributed by atoms with Gasteiger partial charge in [-0.05, 0) is 30.0 Å². The number of benzene rings is 1. The van der Waals surface area contributed by atoms with E-state index in [1.54, 1.807) is 24.3 Å². The van der Waals surface area contributed by atoms with E-state index in [4.69, 9.17) is 0 Å². The minimum atomic E-state index is -0.383. The zero-order valence-corrected chi connectivity index (χ0v) is 10.9. The Labute approximate surface area is 108 Å². The summed E-state index contributed by atoms with van der Waals surface area (Å²) in [4.78, 5) is 11.6. The van der Waals surface area contributed by atoms with Gasteiger partial charge in [0, 0.05) is 6.54 Å². The number of phenols is 1. The van der Waals surface area contributed by atoms with E-state index < -0.39 is 0 Å². The molecule has 1 aromatic rings. The molecule has 18 heavy (non-hydrogen) atoms. The van der Waals surface area contributed by atoms with Crippen LogP contribution in [0.15, 0.2) is 24.3 Å². The normalized spacial score (nSPS) is 12.4. The molecule has 0 saturated heterocycles. The second-order valence-corrected chi connectivity index (χ2v) is 4.80. The summed E-state index contributed by atoms with van der Waals surface area (Å²) >= 11 is 0. The van der Waals surface area contributed by atoms with Crippen LogP contribution >= 0.6 is 0 Å². The van der Waals surface area contributed by atoms with Crippen LogP contribution in [0.5, 0.6) is 5.75 Å². The van der Waals surface area contributed by atoms with Crippen LogP contribution < -0.4 is 5.32 Å². The van der Waals surface area contributed by atoms with Gasteiger partial charge < -0.3 is 15.5 Å². The summed E-state index contributed by atoms with van der Waals surface area (Å²) < 4.78 is 0. The first-order chi connectivity index (χ1) is 8.49. The number of hydrogen-bond acceptors (Lipinski definition) is 3. The maximum Gasteiger partial charge on any atom is 0.224 e. The predicted molar refractivity (Wildman–Crippen MR) is 70.3 cm³/mol. The van der Waals surface area contributed by atoms with Crippen molar-refractivity contribution >= 4 is 5.91 Å². The maximum atomic E-state index is 11.6. The van der Waals surface area contributed by atoms with Crippen molar-refractivity contribution in [2.24, 2.45) is 5.92 Å². The summed E-state index contributed by atoms with van der Waals surface area (Å²) in [6.07, 6.45) is 0.418. The third-order valence-electron chi connectivity index (χ3n) is 2.81. The largest absolute Gasteiger partial charge is 0.508 e. The first-order valence-corrected chi connectivity index (χ1v) is 6.21. The standard InChI is InChI=1S/C14H21NO3/c1-10(2)13(17)6-7-15-14(18)9-11-4-3-5-12(16)8-11/h3-5,8,10,13,16-17H,6-7,9H2,1-2H3,(H,15,18). The molecule has 0 spiro atoms. The molecule has 0 saturated carbocycles. The monoisotopic (exact) mass is 251 g/mol. The number of aromatic hydroxyl groups is 1. The summed E-state index contributed by atoms with van der Waals surface area (Å²) in [6.45, 7) is 4.36. The van der Waals surface area contributed by atoms with Gasteiger partial charge in [-0.15, -0.1) is 0 Å². The lowest BCUT2D eigenvalue weighted by molar-refractivity contribution is -0.120. The molecule has 1 unspecified atom stereocenters. The van der Waals surface area contributed by atoms with E-state index in [9.17, 15) is 15.0 Å². The van der Waals surface area contributed by atoms with Crippen molar-refractivity contribution in [2.45, 2.75) is 32.8 Å². The third kappa shape index (κ3) is 5.19. The van der Waals surface area contributed by atoms with Gasteiger partial charge in [-0.2, -0.15) is 0 Å². The van der Waals surface area contributed by atoms with Gasteiger partial charge in [0.25, 0.3) is 0 Å². The summed E-state index contributed by atoms with van der Waals surface area (Å²) in [6, 6.07) is 6.64. The van der Waals surface area contributed by atoms with Gasteiger partial charge in [0.15, 0.2) is 0 Å². The van der Waals surface area contributed by atoms with E-state index in [1.165, 1.54) is 0 Å². The molecule has 0 bridgehead atoms. The summed E-state index contributed by atoms with van der Waals surface area (Å²) in [7, 11) is 0. The number of nitrogens with one attached hydrogen (secondary N) is 1. The lowest BCUT2D eigenvalue weighted by Crippen LogP contribution is -2.29. The molecule has 1 atom stereocenters. The molecular formula is C14H21NO3. The number of phenolic OH excluding ortho intramolecular Hbond substituents is 1. The Morgan fingerprint density at radius 2 is 2.11 bits per heavy atom. The second kappa shape index (κ2) is 7.01. The lowest BCUT2D eigenvalue weighted by atomic mass is 10.0. The number of amides is 1. The molecule has 1 rings (SSSR count). The summed E-state index contributed by atoms with van der Waals surface area (Å²) in [5.74, 6) is 0.264. The molecule has 0 heterocycles. The average molecular weight is 251 g/mol. The minimum Gasteiger partial charge on any atom is -0.508 e. The first kappa shape index (κ1) is 14.5. The highest BCUT2D eigenvalue weighted by Gasteiger charge is 2.09. The van der Waals surface area contributed by atoms with E-state index in [2.05, 4.69) is 5.32 Å². The first-order valence-electron chi connectivity index (χ1n) is 6.21. The van der Waals surface area contributed by atoms with Crippen LogP contribution in [0.2, 0.25) is 0 Å². The van der Waals surface area contributed by atoms with Crippen molar-refractivity contribution in [2.75, 3.05) is 6.54 Å². The molecule has 0 aromatic heterocycles. The molecule has 0 radical (unpaired) electrons. The molecule has 0 fully saturated rings.